The molecule has 1 fully saturated rings. The van der Waals surface area contributed by atoms with Crippen LogP contribution in [0.25, 0.3) is 0 Å². The summed E-state index contributed by atoms with van der Waals surface area (Å²) in [5, 5.41) is 0. The van der Waals surface area contributed by atoms with Gasteiger partial charge in [-0.1, -0.05) is 27.4 Å². The fourth-order valence-corrected chi connectivity index (χ4v) is 2.49. The van der Waals surface area contributed by atoms with E-state index in [0.717, 1.165) is 0 Å². The van der Waals surface area contributed by atoms with E-state index in [-0.39, 0.29) is 43.7 Å². The van der Waals surface area contributed by atoms with Gasteiger partial charge in [0.15, 0.2) is 6.29 Å². The van der Waals surface area contributed by atoms with Gasteiger partial charge in [-0.25, -0.2) is 4.79 Å². The first-order valence-corrected chi connectivity index (χ1v) is 7.97. The Morgan fingerprint density at radius 3 is 2.22 bits per heavy atom. The summed E-state index contributed by atoms with van der Waals surface area (Å²) in [4.78, 5) is 22.3. The van der Waals surface area contributed by atoms with Crippen LogP contribution in [-0.4, -0.2) is 44.2 Å². The van der Waals surface area contributed by atoms with Gasteiger partial charge in [0.25, 0.3) is 0 Å². The highest BCUT2D eigenvalue weighted by atomic mass is 16.7. The fraction of sp³-hybridized carbons (Fsp3) is 0.765. The van der Waals surface area contributed by atoms with E-state index in [4.69, 9.17) is 18.9 Å². The number of ether oxygens (including phenoxy) is 4. The van der Waals surface area contributed by atoms with Crippen molar-refractivity contribution in [3.05, 3.63) is 12.2 Å². The van der Waals surface area contributed by atoms with Crippen LogP contribution < -0.4 is 0 Å². The van der Waals surface area contributed by atoms with Crippen LogP contribution in [0.15, 0.2) is 12.2 Å². The molecule has 6 nitrogen and oxygen atoms in total. The minimum Gasteiger partial charge on any atom is -0.463 e. The van der Waals surface area contributed by atoms with E-state index in [0.29, 0.717) is 11.5 Å². The maximum Gasteiger partial charge on any atom is 0.333 e. The van der Waals surface area contributed by atoms with Crippen LogP contribution in [0.4, 0.5) is 0 Å². The van der Waals surface area contributed by atoms with Gasteiger partial charge in [-0.15, -0.1) is 0 Å². The SMILES string of the molecule is C=C(C)C(=O)OCCO[C@@H]1OC(COC(C)=O)[C@@H](C)[C@H](C)C1C. The highest BCUT2D eigenvalue weighted by molar-refractivity contribution is 5.86. The molecule has 0 aromatic heterocycles. The molecule has 2 unspecified atom stereocenters. The summed E-state index contributed by atoms with van der Waals surface area (Å²) in [5.74, 6) is 0.0466. The number of carbonyl (C=O) groups excluding carboxylic acids is 2. The molecule has 0 amide bonds. The number of carbonyl (C=O) groups is 2. The Labute approximate surface area is 138 Å². The van der Waals surface area contributed by atoms with Crippen molar-refractivity contribution in [3.63, 3.8) is 0 Å². The zero-order chi connectivity index (χ0) is 17.6. The molecule has 1 heterocycles. The van der Waals surface area contributed by atoms with Crippen LogP contribution in [0.5, 0.6) is 0 Å². The Hall–Kier alpha value is -1.40. The smallest absolute Gasteiger partial charge is 0.333 e. The van der Waals surface area contributed by atoms with Gasteiger partial charge >= 0.3 is 11.9 Å². The van der Waals surface area contributed by atoms with Gasteiger partial charge in [-0.05, 0) is 18.8 Å². The number of rotatable bonds is 7. The minimum atomic E-state index is -0.430. The number of hydrogen-bond acceptors (Lipinski definition) is 6. The first kappa shape index (κ1) is 19.6. The molecular weight excluding hydrogens is 300 g/mol. The van der Waals surface area contributed by atoms with Crippen molar-refractivity contribution in [2.45, 2.75) is 47.0 Å². The van der Waals surface area contributed by atoms with Crippen LogP contribution in [0.3, 0.4) is 0 Å². The third-order valence-corrected chi connectivity index (χ3v) is 4.38. The summed E-state index contributed by atoms with van der Waals surface area (Å²) < 4.78 is 21.7. The molecule has 0 aromatic rings. The second kappa shape index (κ2) is 9.03. The predicted molar refractivity (Wildman–Crippen MR) is 84.5 cm³/mol. The molecule has 132 valence electrons. The largest absolute Gasteiger partial charge is 0.463 e. The number of esters is 2. The van der Waals surface area contributed by atoms with E-state index >= 15 is 0 Å². The Bertz CT molecular complexity index is 433. The van der Waals surface area contributed by atoms with Gasteiger partial charge in [-0.2, -0.15) is 0 Å². The van der Waals surface area contributed by atoms with Crippen LogP contribution in [-0.2, 0) is 28.5 Å². The summed E-state index contributed by atoms with van der Waals surface area (Å²) in [5.41, 5.74) is 0.358. The summed E-state index contributed by atoms with van der Waals surface area (Å²) in [6, 6.07) is 0. The lowest BCUT2D eigenvalue weighted by atomic mass is 9.79. The standard InChI is InChI=1S/C17H28O6/c1-10(2)16(19)20-7-8-21-17-13(5)11(3)12(4)15(23-17)9-22-14(6)18/h11-13,15,17H,1,7-9H2,2-6H3/t11-,12-,13?,15?,17+/m0/s1. The topological polar surface area (TPSA) is 71.1 Å². The molecule has 0 bridgehead atoms. The second-order valence-corrected chi connectivity index (χ2v) is 6.21. The Balaban J connectivity index is 2.47. The lowest BCUT2D eigenvalue weighted by Crippen LogP contribution is -2.48. The Morgan fingerprint density at radius 1 is 1.00 bits per heavy atom. The molecule has 1 aliphatic heterocycles. The normalized spacial score (nSPS) is 30.6. The average Bonchev–Trinajstić information content (AvgIpc) is 2.49. The molecule has 1 saturated heterocycles. The third kappa shape index (κ3) is 5.95. The molecule has 0 aliphatic carbocycles. The van der Waals surface area contributed by atoms with E-state index in [1.165, 1.54) is 6.92 Å². The second-order valence-electron chi connectivity index (χ2n) is 6.21. The van der Waals surface area contributed by atoms with Crippen molar-refractivity contribution in [3.8, 4) is 0 Å². The quantitative estimate of drug-likeness (QED) is 0.406. The maximum atomic E-state index is 11.3. The molecule has 5 atom stereocenters. The molecular formula is C17H28O6. The Kier molecular flexibility index (Phi) is 7.72. The Morgan fingerprint density at radius 2 is 1.65 bits per heavy atom. The first-order chi connectivity index (χ1) is 10.7. The van der Waals surface area contributed by atoms with E-state index < -0.39 is 12.3 Å². The molecule has 0 saturated carbocycles. The zero-order valence-electron chi connectivity index (χ0n) is 14.7. The van der Waals surface area contributed by atoms with Crippen molar-refractivity contribution in [2.75, 3.05) is 19.8 Å². The van der Waals surface area contributed by atoms with Crippen molar-refractivity contribution < 1.29 is 28.5 Å². The van der Waals surface area contributed by atoms with Gasteiger partial charge in [-0.3, -0.25) is 4.79 Å². The van der Waals surface area contributed by atoms with Crippen molar-refractivity contribution >= 4 is 11.9 Å². The van der Waals surface area contributed by atoms with Crippen molar-refractivity contribution in [1.82, 2.24) is 0 Å². The van der Waals surface area contributed by atoms with E-state index in [1.807, 2.05) is 0 Å². The monoisotopic (exact) mass is 328 g/mol. The number of hydrogen-bond donors (Lipinski definition) is 0. The van der Waals surface area contributed by atoms with Crippen LogP contribution >= 0.6 is 0 Å². The lowest BCUT2D eigenvalue weighted by molar-refractivity contribution is -0.257. The molecule has 0 radical (unpaired) electrons. The van der Waals surface area contributed by atoms with E-state index in [2.05, 4.69) is 27.4 Å². The summed E-state index contributed by atoms with van der Waals surface area (Å²) in [7, 11) is 0. The minimum absolute atomic E-state index is 0.150. The molecule has 0 spiro atoms. The average molecular weight is 328 g/mol. The predicted octanol–water partition coefficient (Wildman–Crippen LogP) is 2.32. The molecule has 1 aliphatic rings. The van der Waals surface area contributed by atoms with Crippen LogP contribution in [0.2, 0.25) is 0 Å². The van der Waals surface area contributed by atoms with Crippen molar-refractivity contribution in [1.29, 1.82) is 0 Å². The fourth-order valence-electron chi connectivity index (χ4n) is 2.49. The molecule has 0 aromatic carbocycles. The summed E-state index contributed by atoms with van der Waals surface area (Å²) >= 11 is 0. The molecule has 0 N–H and O–H groups in total. The lowest BCUT2D eigenvalue weighted by Gasteiger charge is -2.43. The van der Waals surface area contributed by atoms with Gasteiger partial charge in [0.2, 0.25) is 0 Å². The van der Waals surface area contributed by atoms with Crippen LogP contribution in [0, 0.1) is 17.8 Å². The molecule has 23 heavy (non-hydrogen) atoms. The van der Waals surface area contributed by atoms with Gasteiger partial charge in [0, 0.05) is 18.4 Å². The highest BCUT2D eigenvalue weighted by Gasteiger charge is 2.40. The highest BCUT2D eigenvalue weighted by Crippen LogP contribution is 2.35. The van der Waals surface area contributed by atoms with Crippen LogP contribution in [0.1, 0.15) is 34.6 Å². The summed E-state index contributed by atoms with van der Waals surface area (Å²) in [6.07, 6.45) is -0.613. The maximum absolute atomic E-state index is 11.3. The first-order valence-electron chi connectivity index (χ1n) is 7.97. The van der Waals surface area contributed by atoms with E-state index in [1.54, 1.807) is 6.92 Å². The summed E-state index contributed by atoms with van der Waals surface area (Å²) in [6.45, 7) is 13.4. The van der Waals surface area contributed by atoms with Gasteiger partial charge in [0.05, 0.1) is 12.7 Å². The zero-order valence-corrected chi connectivity index (χ0v) is 14.7. The molecule has 1 rings (SSSR count). The van der Waals surface area contributed by atoms with Gasteiger partial charge < -0.3 is 18.9 Å². The molecule has 6 heteroatoms. The third-order valence-electron chi connectivity index (χ3n) is 4.38. The van der Waals surface area contributed by atoms with E-state index in [9.17, 15) is 9.59 Å². The van der Waals surface area contributed by atoms with Gasteiger partial charge in [0.1, 0.15) is 13.2 Å². The van der Waals surface area contributed by atoms with Crippen molar-refractivity contribution in [2.24, 2.45) is 17.8 Å².